The minimum absolute atomic E-state index is 0.0354. The summed E-state index contributed by atoms with van der Waals surface area (Å²) in [5.74, 6) is 0.780. The Morgan fingerprint density at radius 2 is 2.05 bits per heavy atom. The number of hydrogen-bond acceptors (Lipinski definition) is 3. The van der Waals surface area contributed by atoms with Gasteiger partial charge in [-0.3, -0.25) is 10.1 Å². The van der Waals surface area contributed by atoms with Crippen molar-refractivity contribution in [1.82, 2.24) is 5.32 Å². The van der Waals surface area contributed by atoms with Gasteiger partial charge in [0, 0.05) is 27.8 Å². The number of carbonyl (C=O) groups is 1. The zero-order chi connectivity index (χ0) is 14.8. The van der Waals surface area contributed by atoms with E-state index in [2.05, 4.69) is 26.6 Å². The van der Waals surface area contributed by atoms with Crippen molar-refractivity contribution in [2.24, 2.45) is 0 Å². The Kier molecular flexibility index (Phi) is 3.94. The third kappa shape index (κ3) is 2.66. The third-order valence-electron chi connectivity index (χ3n) is 3.55. The van der Waals surface area contributed by atoms with Gasteiger partial charge in [-0.2, -0.15) is 0 Å². The summed E-state index contributed by atoms with van der Waals surface area (Å²) in [4.78, 5) is 12.1. The Morgan fingerprint density at radius 1 is 1.24 bits per heavy atom. The molecule has 0 bridgehead atoms. The summed E-state index contributed by atoms with van der Waals surface area (Å²) in [7, 11) is 1.65. The first-order valence-corrected chi connectivity index (χ1v) is 7.44. The number of carbonyl (C=O) groups excluding carboxylic acids is 1. The second kappa shape index (κ2) is 5.87. The van der Waals surface area contributed by atoms with Crippen molar-refractivity contribution in [3.8, 4) is 5.75 Å². The molecule has 1 unspecified atom stereocenters. The van der Waals surface area contributed by atoms with E-state index < -0.39 is 0 Å². The Bertz CT molecular complexity index is 688. The summed E-state index contributed by atoms with van der Waals surface area (Å²) in [5, 5.41) is 6.19. The second-order valence-corrected chi connectivity index (χ2v) is 5.67. The van der Waals surface area contributed by atoms with Crippen LogP contribution in [0.15, 0.2) is 46.9 Å². The molecule has 0 radical (unpaired) electrons. The van der Waals surface area contributed by atoms with Crippen molar-refractivity contribution in [2.45, 2.75) is 12.6 Å². The lowest BCUT2D eigenvalue weighted by atomic mass is 10.1. The molecule has 0 fully saturated rings. The predicted molar refractivity (Wildman–Crippen MR) is 85.3 cm³/mol. The van der Waals surface area contributed by atoms with Gasteiger partial charge in [-0.25, -0.2) is 0 Å². The summed E-state index contributed by atoms with van der Waals surface area (Å²) in [6.45, 7) is 0.558. The van der Waals surface area contributed by atoms with Crippen LogP contribution < -0.4 is 15.4 Å². The molecule has 3 rings (SSSR count). The van der Waals surface area contributed by atoms with Crippen molar-refractivity contribution < 1.29 is 9.53 Å². The molecular formula is C16H15BrN2O2. The van der Waals surface area contributed by atoms with E-state index in [1.54, 1.807) is 7.11 Å². The van der Waals surface area contributed by atoms with E-state index in [0.29, 0.717) is 6.54 Å². The Morgan fingerprint density at radius 3 is 2.86 bits per heavy atom. The van der Waals surface area contributed by atoms with E-state index in [4.69, 9.17) is 4.74 Å². The van der Waals surface area contributed by atoms with Gasteiger partial charge in [0.25, 0.3) is 0 Å². The quantitative estimate of drug-likeness (QED) is 0.893. The molecule has 0 spiro atoms. The van der Waals surface area contributed by atoms with Gasteiger partial charge in [0.2, 0.25) is 5.91 Å². The molecule has 0 saturated heterocycles. The van der Waals surface area contributed by atoms with Crippen molar-refractivity contribution in [3.05, 3.63) is 58.1 Å². The molecule has 5 heteroatoms. The molecule has 108 valence electrons. The highest BCUT2D eigenvalue weighted by Gasteiger charge is 2.31. The molecule has 2 aromatic carbocycles. The van der Waals surface area contributed by atoms with E-state index in [9.17, 15) is 4.79 Å². The molecule has 4 nitrogen and oxygen atoms in total. The van der Waals surface area contributed by atoms with Crippen LogP contribution in [0.1, 0.15) is 17.2 Å². The number of hydrogen-bond donors (Lipinski definition) is 2. The van der Waals surface area contributed by atoms with Gasteiger partial charge in [-0.15, -0.1) is 0 Å². The molecule has 0 saturated carbocycles. The number of fused-ring (bicyclic) bond motifs is 1. The smallest absolute Gasteiger partial charge is 0.246 e. The van der Waals surface area contributed by atoms with E-state index >= 15 is 0 Å². The Balaban J connectivity index is 1.82. The summed E-state index contributed by atoms with van der Waals surface area (Å²) >= 11 is 3.51. The normalized spacial score (nSPS) is 16.5. The highest BCUT2D eigenvalue weighted by molar-refractivity contribution is 9.10. The molecule has 21 heavy (non-hydrogen) atoms. The number of amides is 1. The lowest BCUT2D eigenvalue weighted by Gasteiger charge is -2.14. The van der Waals surface area contributed by atoms with Gasteiger partial charge in [-0.1, -0.05) is 40.2 Å². The fourth-order valence-electron chi connectivity index (χ4n) is 2.53. The molecule has 1 heterocycles. The zero-order valence-corrected chi connectivity index (χ0v) is 13.1. The second-order valence-electron chi connectivity index (χ2n) is 4.82. The zero-order valence-electron chi connectivity index (χ0n) is 11.5. The Hall–Kier alpha value is -1.85. The average Bonchev–Trinajstić information content (AvgIpc) is 2.82. The standard InChI is InChI=1S/C16H15BrN2O2/c1-21-13-8-3-2-5-10(13)9-18-15-14-11(17)6-4-7-12(14)19-16(15)20/h2-8,15,18H,9H2,1H3,(H,19,20). The van der Waals surface area contributed by atoms with Crippen molar-refractivity contribution in [2.75, 3.05) is 12.4 Å². The summed E-state index contributed by atoms with van der Waals surface area (Å²) in [6, 6.07) is 13.2. The predicted octanol–water partition coefficient (Wildman–Crippen LogP) is 3.24. The van der Waals surface area contributed by atoms with Crippen LogP contribution in [-0.2, 0) is 11.3 Å². The summed E-state index contributed by atoms with van der Waals surface area (Å²) in [5.41, 5.74) is 2.83. The minimum atomic E-state index is -0.361. The van der Waals surface area contributed by atoms with E-state index in [0.717, 1.165) is 27.0 Å². The highest BCUT2D eigenvalue weighted by atomic mass is 79.9. The summed E-state index contributed by atoms with van der Waals surface area (Å²) in [6.07, 6.45) is 0. The highest BCUT2D eigenvalue weighted by Crippen LogP contribution is 2.36. The van der Waals surface area contributed by atoms with Crippen LogP contribution >= 0.6 is 15.9 Å². The Labute approximate surface area is 131 Å². The maximum absolute atomic E-state index is 12.1. The number of methoxy groups -OCH3 is 1. The monoisotopic (exact) mass is 346 g/mol. The molecule has 0 aliphatic carbocycles. The lowest BCUT2D eigenvalue weighted by molar-refractivity contribution is -0.117. The first-order valence-electron chi connectivity index (χ1n) is 6.65. The topological polar surface area (TPSA) is 50.4 Å². The molecule has 2 aromatic rings. The van der Waals surface area contributed by atoms with Gasteiger partial charge < -0.3 is 10.1 Å². The largest absolute Gasteiger partial charge is 0.496 e. The number of nitrogens with one attached hydrogen (secondary N) is 2. The van der Waals surface area contributed by atoms with E-state index in [1.807, 2.05) is 42.5 Å². The van der Waals surface area contributed by atoms with Gasteiger partial charge in [-0.05, 0) is 18.2 Å². The molecule has 1 amide bonds. The number of anilines is 1. The fourth-order valence-corrected chi connectivity index (χ4v) is 3.13. The van der Waals surface area contributed by atoms with Gasteiger partial charge in [0.1, 0.15) is 11.8 Å². The van der Waals surface area contributed by atoms with Gasteiger partial charge >= 0.3 is 0 Å². The molecular weight excluding hydrogens is 332 g/mol. The first kappa shape index (κ1) is 14.1. The van der Waals surface area contributed by atoms with E-state index in [1.165, 1.54) is 0 Å². The number of rotatable bonds is 4. The van der Waals surface area contributed by atoms with Crippen LogP contribution in [0.2, 0.25) is 0 Å². The average molecular weight is 347 g/mol. The number of ether oxygens (including phenoxy) is 1. The lowest BCUT2D eigenvalue weighted by Crippen LogP contribution is -2.27. The van der Waals surface area contributed by atoms with Gasteiger partial charge in [0.05, 0.1) is 7.11 Å². The van der Waals surface area contributed by atoms with Crippen molar-refractivity contribution in [1.29, 1.82) is 0 Å². The third-order valence-corrected chi connectivity index (χ3v) is 4.24. The van der Waals surface area contributed by atoms with Crippen LogP contribution in [0.5, 0.6) is 5.75 Å². The number of halogens is 1. The van der Waals surface area contributed by atoms with Crippen molar-refractivity contribution in [3.63, 3.8) is 0 Å². The fraction of sp³-hybridized carbons (Fsp3) is 0.188. The maximum Gasteiger partial charge on any atom is 0.246 e. The van der Waals surface area contributed by atoms with Crippen LogP contribution in [0.25, 0.3) is 0 Å². The summed E-state index contributed by atoms with van der Waals surface area (Å²) < 4.78 is 6.26. The molecule has 0 aromatic heterocycles. The van der Waals surface area contributed by atoms with Gasteiger partial charge in [0.15, 0.2) is 0 Å². The minimum Gasteiger partial charge on any atom is -0.496 e. The van der Waals surface area contributed by atoms with E-state index in [-0.39, 0.29) is 11.9 Å². The van der Waals surface area contributed by atoms with Crippen molar-refractivity contribution >= 4 is 27.5 Å². The molecule has 1 atom stereocenters. The van der Waals surface area contributed by atoms with Crippen LogP contribution in [0.3, 0.4) is 0 Å². The van der Waals surface area contributed by atoms with Crippen LogP contribution in [-0.4, -0.2) is 13.0 Å². The van der Waals surface area contributed by atoms with Crippen LogP contribution in [0, 0.1) is 0 Å². The first-order chi connectivity index (χ1) is 10.2. The SMILES string of the molecule is COc1ccccc1CNC1C(=O)Nc2cccc(Br)c21. The number of para-hydroxylation sites is 1. The molecule has 1 aliphatic heterocycles. The van der Waals surface area contributed by atoms with Crippen LogP contribution in [0.4, 0.5) is 5.69 Å². The maximum atomic E-state index is 12.1. The molecule has 2 N–H and O–H groups in total. The number of benzene rings is 2. The molecule has 1 aliphatic rings.